The highest BCUT2D eigenvalue weighted by molar-refractivity contribution is 6.00. The molecule has 4 amide bonds. The van der Waals surface area contributed by atoms with Gasteiger partial charge in [-0.15, -0.1) is 0 Å². The first-order valence-electron chi connectivity index (χ1n) is 12.9. The van der Waals surface area contributed by atoms with Crippen LogP contribution in [0.15, 0.2) is 42.5 Å². The first-order chi connectivity index (χ1) is 18.2. The van der Waals surface area contributed by atoms with Crippen molar-refractivity contribution in [2.24, 2.45) is 5.73 Å². The van der Waals surface area contributed by atoms with Gasteiger partial charge in [0.15, 0.2) is 0 Å². The highest BCUT2D eigenvalue weighted by Gasteiger charge is 2.37. The van der Waals surface area contributed by atoms with Crippen LogP contribution in [-0.4, -0.2) is 54.0 Å². The van der Waals surface area contributed by atoms with E-state index in [-0.39, 0.29) is 6.54 Å². The van der Waals surface area contributed by atoms with Crippen LogP contribution in [0.2, 0.25) is 0 Å². The quantitative estimate of drug-likeness (QED) is 0.394. The second-order valence-electron chi connectivity index (χ2n) is 10.4. The lowest BCUT2D eigenvalue weighted by Crippen LogP contribution is -2.53. The van der Waals surface area contributed by atoms with E-state index in [0.717, 1.165) is 11.1 Å². The minimum Gasteiger partial charge on any atom is -0.497 e. The van der Waals surface area contributed by atoms with Crippen LogP contribution in [0.1, 0.15) is 63.3 Å². The Kier molecular flexibility index (Phi) is 10.9. The number of carbonyl (C=O) groups excluding carboxylic acids is 4. The van der Waals surface area contributed by atoms with Gasteiger partial charge in [0.2, 0.25) is 11.8 Å². The maximum absolute atomic E-state index is 14.0. The predicted molar refractivity (Wildman–Crippen MR) is 149 cm³/mol. The molecule has 2 aromatic rings. The third kappa shape index (κ3) is 9.31. The van der Waals surface area contributed by atoms with Crippen LogP contribution >= 0.6 is 0 Å². The summed E-state index contributed by atoms with van der Waals surface area (Å²) in [5, 5.41) is 5.36. The van der Waals surface area contributed by atoms with Crippen LogP contribution in [-0.2, 0) is 19.1 Å². The Balaban J connectivity index is 2.53. The summed E-state index contributed by atoms with van der Waals surface area (Å²) in [7, 11) is 1.55. The summed E-state index contributed by atoms with van der Waals surface area (Å²) in [5.74, 6) is -1.24. The van der Waals surface area contributed by atoms with Crippen LogP contribution in [0.3, 0.4) is 0 Å². The molecule has 4 N–H and O–H groups in total. The molecule has 0 aliphatic rings. The van der Waals surface area contributed by atoms with E-state index in [2.05, 4.69) is 10.6 Å². The van der Waals surface area contributed by atoms with Crippen LogP contribution in [0.5, 0.6) is 5.75 Å². The number of anilines is 1. The fraction of sp³-hybridized carbons (Fsp3) is 0.448. The Labute approximate surface area is 230 Å². The maximum atomic E-state index is 14.0. The summed E-state index contributed by atoms with van der Waals surface area (Å²) in [6.07, 6.45) is -0.819. The van der Waals surface area contributed by atoms with Gasteiger partial charge in [-0.05, 0) is 76.4 Å². The molecule has 0 heterocycles. The van der Waals surface area contributed by atoms with Gasteiger partial charge in [0.05, 0.1) is 13.5 Å². The second-order valence-corrected chi connectivity index (χ2v) is 10.4. The molecule has 2 unspecified atom stereocenters. The average Bonchev–Trinajstić information content (AvgIpc) is 2.83. The number of alkyl carbamates (subject to hydrolysis) is 1. The highest BCUT2D eigenvalue weighted by atomic mass is 16.6. The van der Waals surface area contributed by atoms with Crippen molar-refractivity contribution in [2.45, 2.75) is 72.1 Å². The maximum Gasteiger partial charge on any atom is 0.408 e. The van der Waals surface area contributed by atoms with Crippen molar-refractivity contribution < 1.29 is 28.7 Å². The van der Waals surface area contributed by atoms with Crippen molar-refractivity contribution in [3.05, 3.63) is 59.2 Å². The van der Waals surface area contributed by atoms with Gasteiger partial charge in [-0.25, -0.2) is 4.79 Å². The number of ether oxygens (including phenoxy) is 2. The molecule has 2 aromatic carbocycles. The van der Waals surface area contributed by atoms with E-state index in [0.29, 0.717) is 23.4 Å². The van der Waals surface area contributed by atoms with E-state index in [1.54, 1.807) is 52.1 Å². The standard InChI is InChI=1S/C29H40N4O6/c1-8-15-33(27(36)23(17-24(30)34)32-28(37)39-29(4,5)6)25(22-14-9-18(2)16-19(22)3)26(35)31-20-10-12-21(38-7)13-11-20/h9-14,16,23,25H,8,15,17H2,1-7H3,(H2,30,34)(H,31,35)(H,32,37). The summed E-state index contributed by atoms with van der Waals surface area (Å²) < 4.78 is 10.5. The van der Waals surface area contributed by atoms with Gasteiger partial charge < -0.3 is 30.7 Å². The summed E-state index contributed by atoms with van der Waals surface area (Å²) in [4.78, 5) is 53.6. The molecule has 0 fully saturated rings. The first-order valence-corrected chi connectivity index (χ1v) is 12.9. The molecule has 0 radical (unpaired) electrons. The zero-order valence-corrected chi connectivity index (χ0v) is 23.8. The van der Waals surface area contributed by atoms with E-state index in [4.69, 9.17) is 15.2 Å². The Morgan fingerprint density at radius 1 is 1.03 bits per heavy atom. The minimum absolute atomic E-state index is 0.179. The molecule has 0 saturated heterocycles. The number of aryl methyl sites for hydroxylation is 2. The molecule has 10 heteroatoms. The minimum atomic E-state index is -1.33. The Morgan fingerprint density at radius 2 is 1.67 bits per heavy atom. The molecule has 2 rings (SSSR count). The van der Waals surface area contributed by atoms with Gasteiger partial charge in [-0.2, -0.15) is 0 Å². The van der Waals surface area contributed by atoms with Crippen molar-refractivity contribution >= 4 is 29.5 Å². The number of amides is 4. The van der Waals surface area contributed by atoms with Crippen LogP contribution in [0.4, 0.5) is 10.5 Å². The van der Waals surface area contributed by atoms with Gasteiger partial charge in [0.1, 0.15) is 23.4 Å². The number of hydrogen-bond donors (Lipinski definition) is 3. The molecule has 39 heavy (non-hydrogen) atoms. The monoisotopic (exact) mass is 540 g/mol. The van der Waals surface area contributed by atoms with Crippen molar-refractivity contribution in [1.82, 2.24) is 10.2 Å². The van der Waals surface area contributed by atoms with Gasteiger partial charge in [-0.1, -0.05) is 30.7 Å². The van der Waals surface area contributed by atoms with Crippen LogP contribution < -0.4 is 21.1 Å². The topological polar surface area (TPSA) is 140 Å². The molecule has 0 aliphatic carbocycles. The lowest BCUT2D eigenvalue weighted by molar-refractivity contribution is -0.141. The van der Waals surface area contributed by atoms with E-state index in [1.165, 1.54) is 4.90 Å². The lowest BCUT2D eigenvalue weighted by Gasteiger charge is -2.34. The highest BCUT2D eigenvalue weighted by Crippen LogP contribution is 2.28. The van der Waals surface area contributed by atoms with Crippen molar-refractivity contribution in [3.63, 3.8) is 0 Å². The van der Waals surface area contributed by atoms with E-state index >= 15 is 0 Å². The first kappa shape index (κ1) is 31.1. The van der Waals surface area contributed by atoms with Gasteiger partial charge in [-0.3, -0.25) is 14.4 Å². The Bertz CT molecular complexity index is 1170. The predicted octanol–water partition coefficient (Wildman–Crippen LogP) is 4.00. The lowest BCUT2D eigenvalue weighted by atomic mass is 9.96. The molecule has 0 aliphatic heterocycles. The second kappa shape index (κ2) is 13.6. The number of benzene rings is 2. The number of methoxy groups -OCH3 is 1. The number of rotatable bonds is 11. The Hall–Kier alpha value is -4.08. The average molecular weight is 541 g/mol. The zero-order chi connectivity index (χ0) is 29.3. The molecule has 0 aromatic heterocycles. The van der Waals surface area contributed by atoms with E-state index < -0.39 is 47.9 Å². The number of nitrogens with zero attached hydrogens (tertiary/aromatic N) is 1. The fourth-order valence-corrected chi connectivity index (χ4v) is 4.13. The van der Waals surface area contributed by atoms with E-state index in [1.807, 2.05) is 39.0 Å². The summed E-state index contributed by atoms with van der Waals surface area (Å²) >= 11 is 0. The molecule has 0 saturated carbocycles. The summed E-state index contributed by atoms with van der Waals surface area (Å²) in [6, 6.07) is 10.0. The molecular formula is C29H40N4O6. The molecule has 0 spiro atoms. The van der Waals surface area contributed by atoms with Gasteiger partial charge >= 0.3 is 6.09 Å². The molecule has 0 bridgehead atoms. The summed E-state index contributed by atoms with van der Waals surface area (Å²) in [6.45, 7) is 10.9. The Morgan fingerprint density at radius 3 is 2.18 bits per heavy atom. The SMILES string of the molecule is CCCN(C(=O)C(CC(N)=O)NC(=O)OC(C)(C)C)C(C(=O)Nc1ccc(OC)cc1)c1ccc(C)cc1C. The molecular weight excluding hydrogens is 500 g/mol. The normalized spacial score (nSPS) is 12.6. The van der Waals surface area contributed by atoms with Crippen LogP contribution in [0.25, 0.3) is 0 Å². The van der Waals surface area contributed by atoms with Crippen molar-refractivity contribution in [1.29, 1.82) is 0 Å². The number of hydrogen-bond acceptors (Lipinski definition) is 6. The van der Waals surface area contributed by atoms with E-state index in [9.17, 15) is 19.2 Å². The zero-order valence-electron chi connectivity index (χ0n) is 23.8. The number of carbonyl (C=O) groups is 4. The van der Waals surface area contributed by atoms with Gasteiger partial charge in [0, 0.05) is 12.2 Å². The third-order valence-electron chi connectivity index (χ3n) is 5.78. The third-order valence-corrected chi connectivity index (χ3v) is 5.78. The smallest absolute Gasteiger partial charge is 0.408 e. The van der Waals surface area contributed by atoms with Crippen molar-refractivity contribution in [2.75, 3.05) is 19.0 Å². The number of nitrogens with one attached hydrogen (secondary N) is 2. The van der Waals surface area contributed by atoms with Gasteiger partial charge in [0.25, 0.3) is 5.91 Å². The largest absolute Gasteiger partial charge is 0.497 e. The van der Waals surface area contributed by atoms with Crippen molar-refractivity contribution in [3.8, 4) is 5.75 Å². The number of nitrogens with two attached hydrogens (primary N) is 1. The molecule has 10 nitrogen and oxygen atoms in total. The number of primary amides is 1. The fourth-order valence-electron chi connectivity index (χ4n) is 4.13. The van der Waals surface area contributed by atoms with Crippen LogP contribution in [0, 0.1) is 13.8 Å². The molecule has 212 valence electrons. The summed E-state index contributed by atoms with van der Waals surface area (Å²) in [5.41, 5.74) is 7.54. The molecule has 2 atom stereocenters.